The number of hydrogen-bond donors (Lipinski definition) is 3. The molecular formula is C19H16BrN3O5S. The Labute approximate surface area is 178 Å². The fourth-order valence-electron chi connectivity index (χ4n) is 2.38. The smallest absolute Gasteiger partial charge is 0.342 e. The largest absolute Gasteiger partial charge is 0.507 e. The van der Waals surface area contributed by atoms with Crippen LogP contribution in [0.3, 0.4) is 0 Å². The number of rotatable bonds is 7. The highest BCUT2D eigenvalue weighted by Crippen LogP contribution is 2.32. The number of carboxylic acids is 1. The maximum atomic E-state index is 11.7. The van der Waals surface area contributed by atoms with E-state index in [1.165, 1.54) is 12.1 Å². The average Bonchev–Trinajstić information content (AvgIpc) is 3.18. The number of carbonyl (C=O) groups is 1. The molecule has 0 radical (unpaired) electrons. The molecule has 1 heterocycles. The van der Waals surface area contributed by atoms with Crippen molar-refractivity contribution in [3.63, 3.8) is 0 Å². The second-order valence-corrected chi connectivity index (χ2v) is 7.61. The molecule has 0 spiro atoms. The van der Waals surface area contributed by atoms with Gasteiger partial charge < -0.3 is 19.7 Å². The summed E-state index contributed by atoms with van der Waals surface area (Å²) in [4.78, 5) is 16.0. The number of nitrogens with one attached hydrogen (secondary N) is 1. The van der Waals surface area contributed by atoms with Crippen LogP contribution in [0.25, 0.3) is 17.5 Å². The second-order valence-electron chi connectivity index (χ2n) is 5.69. The Hall–Kier alpha value is -2.98. The van der Waals surface area contributed by atoms with Crippen LogP contribution in [0.4, 0.5) is 0 Å². The fourth-order valence-corrected chi connectivity index (χ4v) is 3.46. The number of H-pyrrole nitrogens is 1. The van der Waals surface area contributed by atoms with Gasteiger partial charge in [0.25, 0.3) is 0 Å². The third-order valence-corrected chi connectivity index (χ3v) is 5.15. The van der Waals surface area contributed by atoms with Gasteiger partial charge in [0, 0.05) is 21.7 Å². The van der Waals surface area contributed by atoms with Crippen molar-refractivity contribution < 1.29 is 24.5 Å². The van der Waals surface area contributed by atoms with Crippen molar-refractivity contribution in [3.8, 4) is 28.6 Å². The van der Waals surface area contributed by atoms with Crippen LogP contribution in [0, 0.1) is 0 Å². The van der Waals surface area contributed by atoms with E-state index in [1.807, 2.05) is 0 Å². The number of hydrogen-bond acceptors (Lipinski definition) is 7. The zero-order chi connectivity index (χ0) is 21.0. The summed E-state index contributed by atoms with van der Waals surface area (Å²) in [6.07, 6.45) is 1.36. The minimum absolute atomic E-state index is 0.0355. The van der Waals surface area contributed by atoms with Crippen molar-refractivity contribution >= 4 is 39.7 Å². The highest BCUT2D eigenvalue weighted by molar-refractivity contribution is 9.10. The Balaban J connectivity index is 1.90. The lowest BCUT2D eigenvalue weighted by molar-refractivity contribution is -0.131. The van der Waals surface area contributed by atoms with Gasteiger partial charge in [0.2, 0.25) is 5.16 Å². The summed E-state index contributed by atoms with van der Waals surface area (Å²) in [5.41, 5.74) is 1.03. The number of halogens is 1. The van der Waals surface area contributed by atoms with Gasteiger partial charge in [-0.25, -0.2) is 9.78 Å². The van der Waals surface area contributed by atoms with Crippen LogP contribution in [0.5, 0.6) is 17.2 Å². The molecule has 0 aliphatic carbocycles. The Morgan fingerprint density at radius 2 is 1.86 bits per heavy atom. The lowest BCUT2D eigenvalue weighted by atomic mass is 10.2. The van der Waals surface area contributed by atoms with E-state index in [9.17, 15) is 15.0 Å². The number of carboxylic acid groups (broad SMARTS) is 1. The van der Waals surface area contributed by atoms with Crippen molar-refractivity contribution in [2.75, 3.05) is 14.2 Å². The number of methoxy groups -OCH3 is 2. The number of benzene rings is 2. The van der Waals surface area contributed by atoms with Gasteiger partial charge in [0.05, 0.1) is 14.2 Å². The number of aromatic hydroxyl groups is 1. The Bertz CT molecular complexity index is 1060. The minimum Gasteiger partial charge on any atom is -0.507 e. The summed E-state index contributed by atoms with van der Waals surface area (Å²) < 4.78 is 11.2. The third-order valence-electron chi connectivity index (χ3n) is 3.78. The first-order chi connectivity index (χ1) is 13.9. The van der Waals surface area contributed by atoms with E-state index in [4.69, 9.17) is 9.47 Å². The first kappa shape index (κ1) is 20.7. The van der Waals surface area contributed by atoms with Crippen molar-refractivity contribution in [2.45, 2.75) is 5.16 Å². The lowest BCUT2D eigenvalue weighted by Crippen LogP contribution is -1.97. The molecule has 29 heavy (non-hydrogen) atoms. The molecule has 0 atom stereocenters. The molecule has 3 rings (SSSR count). The first-order valence-electron chi connectivity index (χ1n) is 8.17. The molecule has 0 aliphatic heterocycles. The number of nitrogens with zero attached hydrogens (tertiary/aromatic N) is 2. The predicted molar refractivity (Wildman–Crippen MR) is 112 cm³/mol. The highest BCUT2D eigenvalue weighted by Gasteiger charge is 2.16. The molecule has 3 N–H and O–H groups in total. The zero-order valence-electron chi connectivity index (χ0n) is 15.3. The Kier molecular flexibility index (Phi) is 6.45. The van der Waals surface area contributed by atoms with E-state index in [0.717, 1.165) is 11.8 Å². The van der Waals surface area contributed by atoms with Gasteiger partial charge in [0.1, 0.15) is 22.2 Å². The molecule has 8 nitrogen and oxygen atoms in total. The minimum atomic E-state index is -1.16. The van der Waals surface area contributed by atoms with Crippen LogP contribution >= 0.6 is 27.7 Å². The van der Waals surface area contributed by atoms with Crippen molar-refractivity contribution in [3.05, 3.63) is 51.3 Å². The molecule has 0 aliphatic rings. The normalized spacial score (nSPS) is 11.3. The topological polar surface area (TPSA) is 118 Å². The Morgan fingerprint density at radius 3 is 2.48 bits per heavy atom. The van der Waals surface area contributed by atoms with E-state index in [1.54, 1.807) is 44.6 Å². The molecule has 10 heteroatoms. The van der Waals surface area contributed by atoms with Crippen LogP contribution in [0.2, 0.25) is 0 Å². The lowest BCUT2D eigenvalue weighted by Gasteiger charge is -2.06. The molecule has 0 amide bonds. The number of thioether (sulfide) groups is 1. The van der Waals surface area contributed by atoms with Crippen LogP contribution in [-0.4, -0.2) is 45.6 Å². The van der Waals surface area contributed by atoms with E-state index < -0.39 is 5.97 Å². The monoisotopic (exact) mass is 477 g/mol. The molecule has 0 unspecified atom stereocenters. The number of ether oxygens (including phenoxy) is 2. The Morgan fingerprint density at radius 1 is 1.17 bits per heavy atom. The highest BCUT2D eigenvalue weighted by atomic mass is 79.9. The van der Waals surface area contributed by atoms with Crippen LogP contribution in [-0.2, 0) is 4.79 Å². The van der Waals surface area contributed by atoms with Crippen molar-refractivity contribution in [1.29, 1.82) is 0 Å². The summed E-state index contributed by atoms with van der Waals surface area (Å²) in [6.45, 7) is 0. The van der Waals surface area contributed by atoms with E-state index >= 15 is 0 Å². The molecule has 0 saturated carbocycles. The maximum Gasteiger partial charge on any atom is 0.342 e. The van der Waals surface area contributed by atoms with Gasteiger partial charge in [-0.2, -0.15) is 0 Å². The summed E-state index contributed by atoms with van der Waals surface area (Å²) in [6, 6.07) is 9.98. The third kappa shape index (κ3) is 5.09. The number of phenolic OH excluding ortho intramolecular Hbond substituents is 1. The molecule has 150 valence electrons. The summed E-state index contributed by atoms with van der Waals surface area (Å²) >= 11 is 4.16. The fraction of sp³-hybridized carbons (Fsp3) is 0.105. The molecule has 1 aromatic heterocycles. The molecule has 3 aromatic rings. The molecular weight excluding hydrogens is 462 g/mol. The first-order valence-corrected chi connectivity index (χ1v) is 9.77. The molecule has 0 bridgehead atoms. The molecule has 2 aromatic carbocycles. The van der Waals surface area contributed by atoms with Crippen molar-refractivity contribution in [1.82, 2.24) is 15.2 Å². The van der Waals surface area contributed by atoms with Crippen molar-refractivity contribution in [2.24, 2.45) is 0 Å². The standard InChI is InChI=1S/C19H16BrN3O5S/c1-27-13-6-11(7-14(9-13)28-2)17-21-19(23-22-17)29-16(18(25)26)8-10-5-12(20)3-4-15(10)24/h3-9,24H,1-2H3,(H,25,26)(H,21,22,23)/b16-8-. The van der Waals surface area contributed by atoms with Crippen LogP contribution in [0.15, 0.2) is 50.9 Å². The second kappa shape index (κ2) is 9.01. The van der Waals surface area contributed by atoms with Gasteiger partial charge in [-0.15, -0.1) is 5.10 Å². The van der Waals surface area contributed by atoms with Gasteiger partial charge in [-0.1, -0.05) is 15.9 Å². The number of phenols is 1. The van der Waals surface area contributed by atoms with Crippen LogP contribution < -0.4 is 9.47 Å². The van der Waals surface area contributed by atoms with Crippen LogP contribution in [0.1, 0.15) is 5.56 Å². The summed E-state index contributed by atoms with van der Waals surface area (Å²) in [5.74, 6) is 0.401. The summed E-state index contributed by atoms with van der Waals surface area (Å²) in [5, 5.41) is 26.6. The van der Waals surface area contributed by atoms with E-state index in [-0.39, 0.29) is 15.8 Å². The summed E-state index contributed by atoms with van der Waals surface area (Å²) in [7, 11) is 3.09. The van der Waals surface area contributed by atoms with Gasteiger partial charge in [-0.3, -0.25) is 5.10 Å². The van der Waals surface area contributed by atoms with E-state index in [0.29, 0.717) is 32.9 Å². The number of aromatic amines is 1. The van der Waals surface area contributed by atoms with Gasteiger partial charge in [0.15, 0.2) is 5.82 Å². The maximum absolute atomic E-state index is 11.7. The van der Waals surface area contributed by atoms with Gasteiger partial charge >= 0.3 is 5.97 Å². The quantitative estimate of drug-likeness (QED) is 0.342. The molecule has 0 fully saturated rings. The van der Waals surface area contributed by atoms with Gasteiger partial charge in [-0.05, 0) is 48.2 Å². The zero-order valence-corrected chi connectivity index (χ0v) is 17.7. The molecule has 0 saturated heterocycles. The number of aliphatic carboxylic acids is 1. The number of aromatic nitrogens is 3. The van der Waals surface area contributed by atoms with E-state index in [2.05, 4.69) is 31.1 Å². The predicted octanol–water partition coefficient (Wildman–Crippen LogP) is 4.17. The SMILES string of the molecule is COc1cc(OC)cc(-c2nc(S/C(=C\c3cc(Br)ccc3O)C(=O)O)n[nH]2)c1. The average molecular weight is 478 g/mol.